The fraction of sp³-hybridized carbons (Fsp3) is 0.459. The molecule has 1 saturated heterocycles. The number of benzene rings is 2. The van der Waals surface area contributed by atoms with Crippen molar-refractivity contribution >= 4 is 58.5 Å². The molecule has 3 atom stereocenters. The number of halogens is 1. The largest absolute Gasteiger partial charge is 0.467 e. The van der Waals surface area contributed by atoms with Gasteiger partial charge in [0.25, 0.3) is 0 Å². The van der Waals surface area contributed by atoms with Crippen LogP contribution < -0.4 is 16.0 Å². The molecule has 16 heteroatoms. The minimum absolute atomic E-state index is 0.0389. The van der Waals surface area contributed by atoms with Gasteiger partial charge in [-0.25, -0.2) is 19.4 Å². The van der Waals surface area contributed by atoms with Crippen LogP contribution in [-0.2, 0) is 23.7 Å². The van der Waals surface area contributed by atoms with E-state index in [4.69, 9.17) is 30.5 Å². The Balaban J connectivity index is 0.957. The first kappa shape index (κ1) is 38.1. The number of imidazole rings is 1. The summed E-state index contributed by atoms with van der Waals surface area (Å²) >= 11 is 7.91. The second kappa shape index (κ2) is 17.0. The quantitative estimate of drug-likeness (QED) is 0.0568. The van der Waals surface area contributed by atoms with E-state index in [1.54, 1.807) is 38.9 Å². The van der Waals surface area contributed by atoms with E-state index in [0.29, 0.717) is 48.0 Å². The molecule has 2 aliphatic rings. The minimum atomic E-state index is -0.849. The highest BCUT2D eigenvalue weighted by molar-refractivity contribution is 7.99. The van der Waals surface area contributed by atoms with E-state index in [0.717, 1.165) is 35.1 Å². The molecule has 1 aliphatic heterocycles. The number of alkyl carbamates (subject to hydrolysis) is 2. The van der Waals surface area contributed by atoms with Gasteiger partial charge in [-0.2, -0.15) is 21.7 Å². The van der Waals surface area contributed by atoms with E-state index in [1.807, 2.05) is 28.8 Å². The molecule has 1 fully saturated rings. The Bertz CT molecular complexity index is 1890. The third-order valence-corrected chi connectivity index (χ3v) is 10.2. The number of anilines is 1. The summed E-state index contributed by atoms with van der Waals surface area (Å²) in [5.41, 5.74) is 4.98. The van der Waals surface area contributed by atoms with E-state index >= 15 is 0 Å². The molecule has 1 aliphatic carbocycles. The molecule has 0 saturated carbocycles. The monoisotopic (exact) mass is 765 g/mol. The first-order chi connectivity index (χ1) is 25.5. The summed E-state index contributed by atoms with van der Waals surface area (Å²) in [6.45, 7) is 6.22. The van der Waals surface area contributed by atoms with Crippen molar-refractivity contribution in [2.75, 3.05) is 43.6 Å². The Morgan fingerprint density at radius 3 is 2.43 bits per heavy atom. The van der Waals surface area contributed by atoms with Gasteiger partial charge in [-0.15, -0.1) is 0 Å². The van der Waals surface area contributed by atoms with E-state index in [9.17, 15) is 14.4 Å². The Morgan fingerprint density at radius 1 is 1.02 bits per heavy atom. The summed E-state index contributed by atoms with van der Waals surface area (Å²) in [6.07, 6.45) is 2.08. The number of rotatable bonds is 14. The number of aromatic nitrogens is 4. The highest BCUT2D eigenvalue weighted by Gasteiger charge is 2.31. The van der Waals surface area contributed by atoms with Crippen LogP contribution in [0.2, 0.25) is 5.28 Å². The lowest BCUT2D eigenvalue weighted by atomic mass is 9.98. The van der Waals surface area contributed by atoms with Crippen molar-refractivity contribution in [1.82, 2.24) is 30.2 Å². The molecule has 0 spiro atoms. The smallest absolute Gasteiger partial charge is 0.407 e. The fourth-order valence-electron chi connectivity index (χ4n) is 6.49. The van der Waals surface area contributed by atoms with Crippen LogP contribution in [0.5, 0.6) is 0 Å². The number of hydrogen-bond acceptors (Lipinski definition) is 12. The molecule has 4 aromatic rings. The number of hydrogen-bond donors (Lipinski definition) is 3. The summed E-state index contributed by atoms with van der Waals surface area (Å²) in [7, 11) is 1.30. The highest BCUT2D eigenvalue weighted by atomic mass is 35.5. The zero-order valence-electron chi connectivity index (χ0n) is 30.1. The van der Waals surface area contributed by atoms with Crippen LogP contribution in [0.4, 0.5) is 15.4 Å². The molecule has 0 bridgehead atoms. The van der Waals surface area contributed by atoms with Crippen molar-refractivity contribution in [2.45, 2.75) is 69.9 Å². The third-order valence-electron chi connectivity index (χ3n) is 8.85. The number of thioether (sulfide) groups is 1. The molecular formula is C37H44ClN7O7S. The molecule has 53 heavy (non-hydrogen) atoms. The number of methoxy groups -OCH3 is 1. The average molecular weight is 766 g/mol. The van der Waals surface area contributed by atoms with Gasteiger partial charge in [0.05, 0.1) is 19.5 Å². The van der Waals surface area contributed by atoms with Crippen molar-refractivity contribution in [2.24, 2.45) is 0 Å². The Labute approximate surface area is 317 Å². The lowest BCUT2D eigenvalue weighted by Gasteiger charge is -2.19. The molecule has 14 nitrogen and oxygen atoms in total. The van der Waals surface area contributed by atoms with Crippen LogP contribution in [0.25, 0.3) is 22.3 Å². The Morgan fingerprint density at radius 2 is 1.74 bits per heavy atom. The van der Waals surface area contributed by atoms with Gasteiger partial charge in [0, 0.05) is 24.8 Å². The standard InChI is InChI=1S/C37H44ClN7O7S/c1-37(2,3)52-35(47)40-17-16-39-31-30-32(44-34(38)43-31)45(21-41-30)29-14-13-22(51-29)20-53-18-15-28(33(46)49-4)42-36(48)50-19-27-25-11-7-5-9-23(25)24-10-6-8-12-26(24)27/h5-12,21-22,27-29H,13-20H2,1-4H3,(H,40,47)(H,42,48)(H,39,43,44)/t22-,28-,29+/m0/s1. The van der Waals surface area contributed by atoms with Crippen molar-refractivity contribution in [1.29, 1.82) is 0 Å². The Hall–Kier alpha value is -4.60. The molecule has 2 aromatic heterocycles. The van der Waals surface area contributed by atoms with E-state index in [1.165, 1.54) is 7.11 Å². The molecule has 3 N–H and O–H groups in total. The van der Waals surface area contributed by atoms with Gasteiger partial charge in [0.2, 0.25) is 5.28 Å². The molecule has 2 aromatic carbocycles. The van der Waals surface area contributed by atoms with Crippen molar-refractivity contribution in [3.63, 3.8) is 0 Å². The van der Waals surface area contributed by atoms with Crippen LogP contribution in [0, 0.1) is 0 Å². The SMILES string of the molecule is COC(=O)[C@H](CCSC[C@@H]1CC[C@H](n2cnc3c(NCCNC(=O)OC(C)(C)C)nc(Cl)nc32)O1)NC(=O)OCC1c2ccccc2-c2ccccc21. The number of esters is 1. The summed E-state index contributed by atoms with van der Waals surface area (Å²) in [5, 5.41) is 8.62. The van der Waals surface area contributed by atoms with Gasteiger partial charge in [-0.05, 0) is 79.6 Å². The molecule has 0 radical (unpaired) electrons. The van der Waals surface area contributed by atoms with Crippen LogP contribution in [0.3, 0.4) is 0 Å². The summed E-state index contributed by atoms with van der Waals surface area (Å²) in [4.78, 5) is 50.6. The Kier molecular flexibility index (Phi) is 12.3. The normalized spacial score (nSPS) is 17.2. The molecule has 2 amide bonds. The van der Waals surface area contributed by atoms with Gasteiger partial charge < -0.3 is 34.9 Å². The van der Waals surface area contributed by atoms with Crippen LogP contribution in [0.15, 0.2) is 54.9 Å². The second-order valence-corrected chi connectivity index (χ2v) is 15.2. The van der Waals surface area contributed by atoms with Gasteiger partial charge in [0.1, 0.15) is 24.5 Å². The number of carbonyl (C=O) groups is 3. The number of fused-ring (bicyclic) bond motifs is 4. The number of nitrogens with zero attached hydrogens (tertiary/aromatic N) is 4. The number of carbonyl (C=O) groups excluding carboxylic acids is 3. The fourth-order valence-corrected chi connectivity index (χ4v) is 7.73. The number of amides is 2. The van der Waals surface area contributed by atoms with Crippen LogP contribution >= 0.6 is 23.4 Å². The first-order valence-electron chi connectivity index (χ1n) is 17.5. The molecule has 6 rings (SSSR count). The van der Waals surface area contributed by atoms with Gasteiger partial charge in [-0.1, -0.05) is 48.5 Å². The summed E-state index contributed by atoms with van der Waals surface area (Å²) in [6, 6.07) is 15.4. The highest BCUT2D eigenvalue weighted by Crippen LogP contribution is 2.44. The average Bonchev–Trinajstić information content (AvgIpc) is 3.85. The predicted molar refractivity (Wildman–Crippen MR) is 202 cm³/mol. The van der Waals surface area contributed by atoms with Gasteiger partial charge >= 0.3 is 18.2 Å². The third kappa shape index (κ3) is 9.50. The zero-order valence-corrected chi connectivity index (χ0v) is 31.7. The minimum Gasteiger partial charge on any atom is -0.467 e. The van der Waals surface area contributed by atoms with E-state index in [-0.39, 0.29) is 30.1 Å². The zero-order chi connectivity index (χ0) is 37.5. The maximum Gasteiger partial charge on any atom is 0.407 e. The molecular weight excluding hydrogens is 722 g/mol. The first-order valence-corrected chi connectivity index (χ1v) is 19.1. The van der Waals surface area contributed by atoms with Crippen molar-refractivity contribution in [3.05, 3.63) is 71.3 Å². The summed E-state index contributed by atoms with van der Waals surface area (Å²) < 4.78 is 24.1. The molecule has 0 unspecified atom stereocenters. The van der Waals surface area contributed by atoms with E-state index < -0.39 is 29.8 Å². The lowest BCUT2D eigenvalue weighted by molar-refractivity contribution is -0.143. The van der Waals surface area contributed by atoms with Crippen molar-refractivity contribution in [3.8, 4) is 11.1 Å². The maximum absolute atomic E-state index is 12.9. The lowest BCUT2D eigenvalue weighted by Crippen LogP contribution is -2.42. The van der Waals surface area contributed by atoms with Gasteiger partial charge in [-0.3, -0.25) is 4.57 Å². The van der Waals surface area contributed by atoms with Crippen LogP contribution in [0.1, 0.15) is 63.3 Å². The van der Waals surface area contributed by atoms with E-state index in [2.05, 4.69) is 55.2 Å². The number of nitrogens with one attached hydrogen (secondary N) is 3. The second-order valence-electron chi connectivity index (χ2n) is 13.7. The van der Waals surface area contributed by atoms with Crippen molar-refractivity contribution < 1.29 is 33.3 Å². The summed E-state index contributed by atoms with van der Waals surface area (Å²) in [5.74, 6) is 1.11. The van der Waals surface area contributed by atoms with Crippen LogP contribution in [-0.4, -0.2) is 93.7 Å². The predicted octanol–water partition coefficient (Wildman–Crippen LogP) is 6.30. The maximum atomic E-state index is 12.9. The molecule has 282 valence electrons. The number of ether oxygens (including phenoxy) is 4. The topological polar surface area (TPSA) is 168 Å². The molecule has 3 heterocycles. The van der Waals surface area contributed by atoms with Gasteiger partial charge in [0.15, 0.2) is 17.0 Å².